The Balaban J connectivity index is 1.59. The van der Waals surface area contributed by atoms with Crippen molar-refractivity contribution in [2.75, 3.05) is 18.4 Å². The normalized spacial score (nSPS) is 13.2. The lowest BCUT2D eigenvalue weighted by molar-refractivity contribution is -0.605. The summed E-state index contributed by atoms with van der Waals surface area (Å²) in [5.74, 6) is 0.849. The molecule has 3 heterocycles. The van der Waals surface area contributed by atoms with Gasteiger partial charge in [0.05, 0.1) is 6.54 Å². The molecule has 0 amide bonds. The standard InChI is InChI=1S/C17H20BrN7O2S/c1-12-9-14(18)11-22-15(12)19-5-2-6-20-16-17(24-28(27)23-16)21-10-13-3-7-25(26)8-4-13/h3-4,7-9,11H,2,5-6,10H2,1H3,(H,19,22)(H,20,23)(H,21,24). The van der Waals surface area contributed by atoms with Gasteiger partial charge in [0.1, 0.15) is 17.0 Å². The first-order valence-corrected chi connectivity index (χ1v) is 10.5. The topological polar surface area (TPSA) is 131 Å². The highest BCUT2D eigenvalue weighted by atomic mass is 79.9. The number of hydrogen-bond donors (Lipinski definition) is 3. The molecule has 1 unspecified atom stereocenters. The summed E-state index contributed by atoms with van der Waals surface area (Å²) >= 11 is 1.96. The van der Waals surface area contributed by atoms with Crippen LogP contribution in [-0.2, 0) is 6.54 Å². The first-order chi connectivity index (χ1) is 13.5. The third-order valence-electron chi connectivity index (χ3n) is 3.84. The minimum atomic E-state index is -1.43. The highest BCUT2D eigenvalue weighted by Gasteiger charge is 2.01. The largest absolute Gasteiger partial charge is 0.619 e. The molecule has 3 rings (SSSR count). The highest BCUT2D eigenvalue weighted by molar-refractivity contribution is 9.10. The number of rotatable bonds is 7. The van der Waals surface area contributed by atoms with Gasteiger partial charge in [-0.3, -0.25) is 9.98 Å². The second-order valence-electron chi connectivity index (χ2n) is 6.03. The molecule has 0 aliphatic carbocycles. The second-order valence-corrected chi connectivity index (χ2v) is 7.90. The van der Waals surface area contributed by atoms with Crippen molar-refractivity contribution in [3.05, 3.63) is 68.6 Å². The second kappa shape index (κ2) is 9.62. The molecule has 0 aromatic carbocycles. The number of nitrogens with zero attached hydrogens (tertiary/aromatic N) is 4. The summed E-state index contributed by atoms with van der Waals surface area (Å²) in [7, 11) is 0. The summed E-state index contributed by atoms with van der Waals surface area (Å²) in [5, 5.41) is 14.3. The maximum absolute atomic E-state index is 11.7. The molecule has 11 heteroatoms. The Hall–Kier alpha value is -2.50. The van der Waals surface area contributed by atoms with Crippen LogP contribution in [0.5, 0.6) is 0 Å². The monoisotopic (exact) mass is 465 g/mol. The van der Waals surface area contributed by atoms with Crippen LogP contribution in [-0.4, -0.2) is 31.4 Å². The van der Waals surface area contributed by atoms with Crippen molar-refractivity contribution in [2.45, 2.75) is 19.9 Å². The Labute approximate surface area is 172 Å². The van der Waals surface area contributed by atoms with E-state index < -0.39 is 11.1 Å². The van der Waals surface area contributed by atoms with E-state index in [0.29, 0.717) is 35.3 Å². The molecule has 0 fully saturated rings. The third kappa shape index (κ3) is 5.75. The number of hydrogen-bond acceptors (Lipinski definition) is 6. The Kier molecular flexibility index (Phi) is 6.95. The molecule has 0 aliphatic heterocycles. The summed E-state index contributed by atoms with van der Waals surface area (Å²) in [6.07, 6.45) is 5.37. The summed E-state index contributed by atoms with van der Waals surface area (Å²) in [5.41, 5.74) is 2.87. The number of nitrogens with one attached hydrogen (secondary N) is 3. The number of anilines is 1. The number of H-pyrrole nitrogens is 2. The summed E-state index contributed by atoms with van der Waals surface area (Å²) in [4.78, 5) is 13.2. The number of halogens is 1. The average molecular weight is 466 g/mol. The summed E-state index contributed by atoms with van der Waals surface area (Å²) < 4.78 is 18.9. The van der Waals surface area contributed by atoms with E-state index in [4.69, 9.17) is 0 Å². The molecule has 0 bridgehead atoms. The lowest BCUT2D eigenvalue weighted by Gasteiger charge is -2.07. The van der Waals surface area contributed by atoms with Gasteiger partial charge < -0.3 is 15.1 Å². The predicted molar refractivity (Wildman–Crippen MR) is 109 cm³/mol. The zero-order chi connectivity index (χ0) is 19.9. The van der Waals surface area contributed by atoms with Crippen LogP contribution in [0.15, 0.2) is 51.2 Å². The predicted octanol–water partition coefficient (Wildman–Crippen LogP) is 1.67. The minimum absolute atomic E-state index is 0.358. The molecule has 0 saturated heterocycles. The van der Waals surface area contributed by atoms with Gasteiger partial charge >= 0.3 is 0 Å². The maximum atomic E-state index is 11.7. The molecule has 0 saturated carbocycles. The molecule has 0 spiro atoms. The molecule has 3 N–H and O–H groups in total. The fourth-order valence-electron chi connectivity index (χ4n) is 2.43. The Morgan fingerprint density at radius 2 is 1.96 bits per heavy atom. The maximum Gasteiger partial charge on any atom is 0.219 e. The van der Waals surface area contributed by atoms with E-state index in [9.17, 15) is 9.76 Å². The molecule has 0 radical (unpaired) electrons. The number of aryl methyl sites for hydroxylation is 1. The third-order valence-corrected chi connectivity index (χ3v) is 5.03. The van der Waals surface area contributed by atoms with Crippen molar-refractivity contribution >= 4 is 32.9 Å². The van der Waals surface area contributed by atoms with E-state index in [0.717, 1.165) is 27.8 Å². The fraction of sp³-hybridized carbons (Fsp3) is 0.294. The fourth-order valence-corrected chi connectivity index (χ4v) is 3.60. The van der Waals surface area contributed by atoms with Gasteiger partial charge in [0.25, 0.3) is 0 Å². The number of pyridine rings is 2. The molecule has 28 heavy (non-hydrogen) atoms. The number of aromatic nitrogens is 4. The van der Waals surface area contributed by atoms with Gasteiger partial charge in [0.2, 0.25) is 11.0 Å². The Bertz CT molecular complexity index is 1060. The lowest BCUT2D eigenvalue weighted by atomic mass is 10.3. The molecule has 148 valence electrons. The molecule has 9 nitrogen and oxygen atoms in total. The molecule has 0 aliphatic rings. The summed E-state index contributed by atoms with van der Waals surface area (Å²) in [6.45, 7) is 3.62. The zero-order valence-corrected chi connectivity index (χ0v) is 17.6. The Morgan fingerprint density at radius 1 is 1.25 bits per heavy atom. The van der Waals surface area contributed by atoms with E-state index in [1.54, 1.807) is 18.3 Å². The van der Waals surface area contributed by atoms with E-state index in [1.165, 1.54) is 12.4 Å². The van der Waals surface area contributed by atoms with E-state index in [-0.39, 0.29) is 0 Å². The minimum Gasteiger partial charge on any atom is -0.619 e. The van der Waals surface area contributed by atoms with Crippen LogP contribution in [0.2, 0.25) is 0 Å². The first-order valence-electron chi connectivity index (χ1n) is 8.59. The van der Waals surface area contributed by atoms with Gasteiger partial charge in [0, 0.05) is 35.9 Å². The van der Waals surface area contributed by atoms with Gasteiger partial charge in [-0.05, 0) is 46.5 Å². The SMILES string of the molecule is Cc1cc(Br)cnc1NCCCN=c1[nH][s+]([O-])[nH]c1=NCc1cc[n+]([O-])cc1. The van der Waals surface area contributed by atoms with Gasteiger partial charge in [-0.15, -0.1) is 0 Å². The highest BCUT2D eigenvalue weighted by Crippen LogP contribution is 2.16. The van der Waals surface area contributed by atoms with Gasteiger partial charge in [-0.2, -0.15) is 13.5 Å². The molecule has 1 atom stereocenters. The van der Waals surface area contributed by atoms with Gasteiger partial charge in [-0.25, -0.2) is 4.98 Å². The van der Waals surface area contributed by atoms with Crippen molar-refractivity contribution in [3.63, 3.8) is 0 Å². The van der Waals surface area contributed by atoms with Crippen molar-refractivity contribution in [3.8, 4) is 0 Å². The van der Waals surface area contributed by atoms with Crippen LogP contribution < -0.4 is 21.0 Å². The molecule has 3 aromatic heterocycles. The number of aromatic amines is 2. The first kappa shape index (κ1) is 20.2. The molecular weight excluding hydrogens is 446 g/mol. The van der Waals surface area contributed by atoms with Gasteiger partial charge in [0.15, 0.2) is 12.4 Å². The van der Waals surface area contributed by atoms with Crippen LogP contribution in [0.4, 0.5) is 5.82 Å². The van der Waals surface area contributed by atoms with Gasteiger partial charge in [-0.1, -0.05) is 0 Å². The van der Waals surface area contributed by atoms with Crippen molar-refractivity contribution in [1.29, 1.82) is 0 Å². The van der Waals surface area contributed by atoms with Crippen molar-refractivity contribution in [1.82, 2.24) is 13.7 Å². The van der Waals surface area contributed by atoms with Crippen molar-refractivity contribution < 1.29 is 9.28 Å². The van der Waals surface area contributed by atoms with E-state index in [1.807, 2.05) is 13.0 Å². The van der Waals surface area contributed by atoms with Crippen LogP contribution in [0.1, 0.15) is 17.5 Å². The molecular formula is C17H20BrN7O2S. The average Bonchev–Trinajstić information content (AvgIpc) is 3.02. The van der Waals surface area contributed by atoms with Crippen LogP contribution in [0.3, 0.4) is 0 Å². The molecule has 3 aromatic rings. The van der Waals surface area contributed by atoms with E-state index in [2.05, 4.69) is 45.0 Å². The quantitative estimate of drug-likeness (QED) is 0.212. The smallest absolute Gasteiger partial charge is 0.219 e. The van der Waals surface area contributed by atoms with Crippen LogP contribution >= 0.6 is 27.1 Å². The summed E-state index contributed by atoms with van der Waals surface area (Å²) in [6, 6.07) is 5.39. The van der Waals surface area contributed by atoms with Crippen molar-refractivity contribution in [2.24, 2.45) is 9.98 Å². The van der Waals surface area contributed by atoms with Crippen LogP contribution in [0.25, 0.3) is 0 Å². The zero-order valence-electron chi connectivity index (χ0n) is 15.2. The van der Waals surface area contributed by atoms with Crippen LogP contribution in [0, 0.1) is 12.1 Å². The lowest BCUT2D eigenvalue weighted by Crippen LogP contribution is -2.26. The van der Waals surface area contributed by atoms with E-state index >= 15 is 0 Å². The Morgan fingerprint density at radius 3 is 2.68 bits per heavy atom.